The van der Waals surface area contributed by atoms with Crippen LogP contribution in [0.1, 0.15) is 17.4 Å². The Hall–Kier alpha value is -0.640. The van der Waals surface area contributed by atoms with Crippen LogP contribution < -0.4 is 5.32 Å². The first-order valence-corrected chi connectivity index (χ1v) is 6.87. The summed E-state index contributed by atoms with van der Waals surface area (Å²) in [5, 5.41) is 5.55. The molecule has 0 aromatic carbocycles. The van der Waals surface area contributed by atoms with E-state index in [1.54, 1.807) is 21.6 Å². The molecule has 2 aliphatic heterocycles. The predicted octanol–water partition coefficient (Wildman–Crippen LogP) is 2.03. The van der Waals surface area contributed by atoms with E-state index in [9.17, 15) is 0 Å². The zero-order valence-corrected chi connectivity index (χ0v) is 10.6. The standard InChI is InChI=1S/C13H18N2S/c1-10(12-6-14-7-12)8-15-4-2-13-11(9-15)3-5-16-13/h3,5,14H,2,4,6-9H2,1H3. The molecule has 1 aromatic heterocycles. The van der Waals surface area contributed by atoms with Crippen molar-refractivity contribution >= 4 is 11.3 Å². The van der Waals surface area contributed by atoms with Gasteiger partial charge in [-0.2, -0.15) is 0 Å². The summed E-state index contributed by atoms with van der Waals surface area (Å²) in [6, 6.07) is 2.29. The molecule has 3 heteroatoms. The molecule has 0 radical (unpaired) electrons. The number of hydrogen-bond donors (Lipinski definition) is 1. The number of thiophene rings is 1. The maximum absolute atomic E-state index is 3.32. The highest BCUT2D eigenvalue weighted by molar-refractivity contribution is 7.10. The van der Waals surface area contributed by atoms with Gasteiger partial charge in [-0.05, 0) is 35.9 Å². The van der Waals surface area contributed by atoms with Gasteiger partial charge in [0, 0.05) is 37.6 Å². The van der Waals surface area contributed by atoms with Gasteiger partial charge in [-0.1, -0.05) is 5.57 Å². The van der Waals surface area contributed by atoms with Crippen molar-refractivity contribution in [2.75, 3.05) is 26.2 Å². The summed E-state index contributed by atoms with van der Waals surface area (Å²) >= 11 is 1.92. The van der Waals surface area contributed by atoms with Crippen molar-refractivity contribution < 1.29 is 0 Å². The number of hydrogen-bond acceptors (Lipinski definition) is 3. The van der Waals surface area contributed by atoms with Gasteiger partial charge in [0.15, 0.2) is 0 Å². The predicted molar refractivity (Wildman–Crippen MR) is 68.9 cm³/mol. The fourth-order valence-corrected chi connectivity index (χ4v) is 3.33. The molecule has 1 fully saturated rings. The number of nitrogens with zero attached hydrogens (tertiary/aromatic N) is 1. The molecule has 0 atom stereocenters. The summed E-state index contributed by atoms with van der Waals surface area (Å²) in [5.74, 6) is 0. The topological polar surface area (TPSA) is 15.3 Å². The first-order valence-electron chi connectivity index (χ1n) is 5.99. The van der Waals surface area contributed by atoms with E-state index in [-0.39, 0.29) is 0 Å². The highest BCUT2D eigenvalue weighted by Crippen LogP contribution is 2.24. The second kappa shape index (κ2) is 4.32. The Morgan fingerprint density at radius 2 is 2.38 bits per heavy atom. The Kier molecular flexibility index (Phi) is 2.84. The third kappa shape index (κ3) is 1.95. The molecular formula is C13H18N2S. The van der Waals surface area contributed by atoms with Crippen LogP contribution in [0.2, 0.25) is 0 Å². The average Bonchev–Trinajstić information content (AvgIpc) is 2.61. The summed E-state index contributed by atoms with van der Waals surface area (Å²) in [7, 11) is 0. The van der Waals surface area contributed by atoms with Gasteiger partial charge in [-0.3, -0.25) is 4.90 Å². The normalized spacial score (nSPS) is 20.4. The number of rotatable bonds is 2. The van der Waals surface area contributed by atoms with Crippen LogP contribution in [0.5, 0.6) is 0 Å². The van der Waals surface area contributed by atoms with Crippen molar-refractivity contribution in [3.8, 4) is 0 Å². The van der Waals surface area contributed by atoms with E-state index in [1.807, 2.05) is 11.3 Å². The molecule has 0 amide bonds. The van der Waals surface area contributed by atoms with Gasteiger partial charge < -0.3 is 5.32 Å². The van der Waals surface area contributed by atoms with Crippen molar-refractivity contribution in [3.05, 3.63) is 33.0 Å². The lowest BCUT2D eigenvalue weighted by atomic mass is 10.0. The molecule has 0 spiro atoms. The molecule has 0 unspecified atom stereocenters. The zero-order chi connectivity index (χ0) is 11.0. The molecule has 3 rings (SSSR count). The summed E-state index contributed by atoms with van der Waals surface area (Å²) in [6.07, 6.45) is 1.24. The van der Waals surface area contributed by atoms with Crippen LogP contribution in [0.25, 0.3) is 0 Å². The molecule has 1 aromatic rings. The van der Waals surface area contributed by atoms with Crippen LogP contribution in [-0.2, 0) is 13.0 Å². The van der Waals surface area contributed by atoms with Gasteiger partial charge in [-0.15, -0.1) is 11.3 Å². The first-order chi connectivity index (χ1) is 7.83. The molecule has 2 aliphatic rings. The molecule has 0 aliphatic carbocycles. The van der Waals surface area contributed by atoms with E-state index >= 15 is 0 Å². The number of nitrogens with one attached hydrogen (secondary N) is 1. The Labute approximate surface area is 101 Å². The van der Waals surface area contributed by atoms with Gasteiger partial charge in [0.1, 0.15) is 0 Å². The highest BCUT2D eigenvalue weighted by atomic mass is 32.1. The lowest BCUT2D eigenvalue weighted by molar-refractivity contribution is 0.276. The van der Waals surface area contributed by atoms with Gasteiger partial charge in [0.05, 0.1) is 0 Å². The fraction of sp³-hybridized carbons (Fsp3) is 0.538. The number of fused-ring (bicyclic) bond motifs is 1. The smallest absolute Gasteiger partial charge is 0.0248 e. The molecule has 1 saturated heterocycles. The highest BCUT2D eigenvalue weighted by Gasteiger charge is 2.19. The summed E-state index contributed by atoms with van der Waals surface area (Å²) < 4.78 is 0. The molecule has 86 valence electrons. The third-order valence-electron chi connectivity index (χ3n) is 3.63. The maximum atomic E-state index is 3.32. The van der Waals surface area contributed by atoms with Crippen LogP contribution in [0.15, 0.2) is 22.6 Å². The second-order valence-corrected chi connectivity index (χ2v) is 5.82. The lowest BCUT2D eigenvalue weighted by Crippen LogP contribution is -2.37. The Balaban J connectivity index is 1.66. The van der Waals surface area contributed by atoms with E-state index in [2.05, 4.69) is 28.6 Å². The van der Waals surface area contributed by atoms with Crippen LogP contribution >= 0.6 is 11.3 Å². The Morgan fingerprint density at radius 1 is 1.50 bits per heavy atom. The molecule has 0 saturated carbocycles. The van der Waals surface area contributed by atoms with Crippen molar-refractivity contribution in [1.82, 2.24) is 10.2 Å². The van der Waals surface area contributed by atoms with E-state index in [0.717, 1.165) is 26.2 Å². The van der Waals surface area contributed by atoms with Gasteiger partial charge in [0.2, 0.25) is 0 Å². The van der Waals surface area contributed by atoms with Crippen molar-refractivity contribution in [3.63, 3.8) is 0 Å². The van der Waals surface area contributed by atoms with Crippen LogP contribution in [-0.4, -0.2) is 31.1 Å². The van der Waals surface area contributed by atoms with Gasteiger partial charge >= 0.3 is 0 Å². The molecule has 2 nitrogen and oxygen atoms in total. The zero-order valence-electron chi connectivity index (χ0n) is 9.75. The minimum Gasteiger partial charge on any atom is -0.309 e. The monoisotopic (exact) mass is 234 g/mol. The molecule has 1 N–H and O–H groups in total. The summed E-state index contributed by atoms with van der Waals surface area (Å²) in [5.41, 5.74) is 4.76. The van der Waals surface area contributed by atoms with Gasteiger partial charge in [0.25, 0.3) is 0 Å². The molecule has 0 bridgehead atoms. The van der Waals surface area contributed by atoms with E-state index in [1.165, 1.54) is 13.0 Å². The van der Waals surface area contributed by atoms with Crippen LogP contribution in [0.4, 0.5) is 0 Å². The first kappa shape index (κ1) is 10.5. The minimum absolute atomic E-state index is 1.11. The maximum Gasteiger partial charge on any atom is 0.0248 e. The van der Waals surface area contributed by atoms with Crippen molar-refractivity contribution in [1.29, 1.82) is 0 Å². The Morgan fingerprint density at radius 3 is 3.12 bits per heavy atom. The quantitative estimate of drug-likeness (QED) is 0.788. The Bertz CT molecular complexity index is 413. The summed E-state index contributed by atoms with van der Waals surface area (Å²) in [6.45, 7) is 8.06. The van der Waals surface area contributed by atoms with Crippen molar-refractivity contribution in [2.24, 2.45) is 0 Å². The van der Waals surface area contributed by atoms with Gasteiger partial charge in [-0.25, -0.2) is 0 Å². The third-order valence-corrected chi connectivity index (χ3v) is 4.65. The summed E-state index contributed by atoms with van der Waals surface area (Å²) in [4.78, 5) is 4.18. The van der Waals surface area contributed by atoms with Crippen LogP contribution in [0, 0.1) is 0 Å². The van der Waals surface area contributed by atoms with E-state index in [4.69, 9.17) is 0 Å². The molecule has 3 heterocycles. The minimum atomic E-state index is 1.11. The van der Waals surface area contributed by atoms with Crippen LogP contribution in [0.3, 0.4) is 0 Å². The SMILES string of the molecule is CC(CN1CCc2sccc2C1)=C1CNC1. The molecule has 16 heavy (non-hydrogen) atoms. The molecular weight excluding hydrogens is 216 g/mol. The second-order valence-electron chi connectivity index (χ2n) is 4.82. The average molecular weight is 234 g/mol. The van der Waals surface area contributed by atoms with E-state index < -0.39 is 0 Å². The lowest BCUT2D eigenvalue weighted by Gasteiger charge is -2.30. The largest absolute Gasteiger partial charge is 0.309 e. The van der Waals surface area contributed by atoms with Crippen molar-refractivity contribution in [2.45, 2.75) is 19.9 Å². The van der Waals surface area contributed by atoms with E-state index in [0.29, 0.717) is 0 Å². The fourth-order valence-electron chi connectivity index (χ4n) is 2.44.